The van der Waals surface area contributed by atoms with Crippen molar-refractivity contribution < 1.29 is 9.59 Å². The smallest absolute Gasteiger partial charge is 0.321 e. The van der Waals surface area contributed by atoms with Crippen LogP contribution in [0.3, 0.4) is 0 Å². The molecule has 0 saturated carbocycles. The van der Waals surface area contributed by atoms with E-state index in [0.717, 1.165) is 5.69 Å². The molecule has 5 nitrogen and oxygen atoms in total. The summed E-state index contributed by atoms with van der Waals surface area (Å²) in [6.07, 6.45) is 0. The monoisotopic (exact) mass is 309 g/mol. The SMILES string of the molecule is O=C(Nc1ccccc1)N1CCN(C(=O)c2ccccc2)CC1. The number of carbonyl (C=O) groups excluding carboxylic acids is 2. The van der Waals surface area contributed by atoms with Gasteiger partial charge in [0.1, 0.15) is 0 Å². The average molecular weight is 309 g/mol. The summed E-state index contributed by atoms with van der Waals surface area (Å²) >= 11 is 0. The van der Waals surface area contributed by atoms with Gasteiger partial charge in [0.25, 0.3) is 5.91 Å². The average Bonchev–Trinajstić information content (AvgIpc) is 2.63. The molecule has 0 radical (unpaired) electrons. The highest BCUT2D eigenvalue weighted by Gasteiger charge is 2.24. The molecule has 3 rings (SSSR count). The van der Waals surface area contributed by atoms with Gasteiger partial charge in [-0.3, -0.25) is 4.79 Å². The molecular weight excluding hydrogens is 290 g/mol. The second-order valence-electron chi connectivity index (χ2n) is 5.44. The van der Waals surface area contributed by atoms with E-state index in [4.69, 9.17) is 0 Å². The van der Waals surface area contributed by atoms with Gasteiger partial charge in [-0.15, -0.1) is 0 Å². The number of rotatable bonds is 2. The Balaban J connectivity index is 1.54. The fourth-order valence-corrected chi connectivity index (χ4v) is 2.60. The van der Waals surface area contributed by atoms with Gasteiger partial charge in [0.15, 0.2) is 0 Å². The summed E-state index contributed by atoms with van der Waals surface area (Å²) in [5, 5.41) is 2.87. The second kappa shape index (κ2) is 6.96. The largest absolute Gasteiger partial charge is 0.335 e. The molecule has 1 saturated heterocycles. The van der Waals surface area contributed by atoms with Crippen LogP contribution in [-0.2, 0) is 0 Å². The number of urea groups is 1. The molecular formula is C18H19N3O2. The zero-order valence-electron chi connectivity index (χ0n) is 12.8. The zero-order valence-corrected chi connectivity index (χ0v) is 12.8. The van der Waals surface area contributed by atoms with E-state index in [1.54, 1.807) is 9.80 Å². The van der Waals surface area contributed by atoms with Gasteiger partial charge in [-0.2, -0.15) is 0 Å². The van der Waals surface area contributed by atoms with Crippen molar-refractivity contribution >= 4 is 17.6 Å². The lowest BCUT2D eigenvalue weighted by Crippen LogP contribution is -2.51. The molecule has 1 aliphatic heterocycles. The van der Waals surface area contributed by atoms with E-state index in [1.807, 2.05) is 60.7 Å². The highest BCUT2D eigenvalue weighted by molar-refractivity contribution is 5.94. The van der Waals surface area contributed by atoms with Crippen molar-refractivity contribution in [2.45, 2.75) is 0 Å². The van der Waals surface area contributed by atoms with Crippen LogP contribution in [-0.4, -0.2) is 47.9 Å². The predicted octanol–water partition coefficient (Wildman–Crippen LogP) is 2.68. The first-order valence-corrected chi connectivity index (χ1v) is 7.69. The predicted molar refractivity (Wildman–Crippen MR) is 89.4 cm³/mol. The van der Waals surface area contributed by atoms with Crippen LogP contribution >= 0.6 is 0 Å². The minimum Gasteiger partial charge on any atom is -0.335 e. The fraction of sp³-hybridized carbons (Fsp3) is 0.222. The van der Waals surface area contributed by atoms with Crippen LogP contribution in [0.4, 0.5) is 10.5 Å². The Hall–Kier alpha value is -2.82. The van der Waals surface area contributed by atoms with E-state index in [1.165, 1.54) is 0 Å². The molecule has 0 spiro atoms. The van der Waals surface area contributed by atoms with E-state index in [0.29, 0.717) is 31.7 Å². The summed E-state index contributed by atoms with van der Waals surface area (Å²) in [5.74, 6) is 0.0220. The lowest BCUT2D eigenvalue weighted by atomic mass is 10.2. The standard InChI is InChI=1S/C18H19N3O2/c22-17(15-7-3-1-4-8-15)20-11-13-21(14-12-20)18(23)19-16-9-5-2-6-10-16/h1-10H,11-14H2,(H,19,23). The van der Waals surface area contributed by atoms with Gasteiger partial charge in [-0.25, -0.2) is 4.79 Å². The van der Waals surface area contributed by atoms with Crippen LogP contribution in [0.15, 0.2) is 60.7 Å². The third-order valence-corrected chi connectivity index (χ3v) is 3.90. The highest BCUT2D eigenvalue weighted by atomic mass is 16.2. The molecule has 1 aliphatic rings. The van der Waals surface area contributed by atoms with Gasteiger partial charge in [-0.05, 0) is 24.3 Å². The van der Waals surface area contributed by atoms with Crippen molar-refractivity contribution in [1.29, 1.82) is 0 Å². The Morgan fingerprint density at radius 3 is 1.87 bits per heavy atom. The molecule has 0 unspecified atom stereocenters. The maximum absolute atomic E-state index is 12.4. The van der Waals surface area contributed by atoms with Crippen molar-refractivity contribution in [3.8, 4) is 0 Å². The first-order valence-electron chi connectivity index (χ1n) is 7.69. The van der Waals surface area contributed by atoms with E-state index in [2.05, 4.69) is 5.32 Å². The van der Waals surface area contributed by atoms with E-state index >= 15 is 0 Å². The summed E-state index contributed by atoms with van der Waals surface area (Å²) in [7, 11) is 0. The van der Waals surface area contributed by atoms with E-state index in [9.17, 15) is 9.59 Å². The minimum absolute atomic E-state index is 0.0220. The van der Waals surface area contributed by atoms with Crippen molar-refractivity contribution in [2.24, 2.45) is 0 Å². The van der Waals surface area contributed by atoms with Crippen LogP contribution in [0.25, 0.3) is 0 Å². The van der Waals surface area contributed by atoms with E-state index < -0.39 is 0 Å². The summed E-state index contributed by atoms with van der Waals surface area (Å²) in [5.41, 5.74) is 1.47. The summed E-state index contributed by atoms with van der Waals surface area (Å²) in [6, 6.07) is 18.5. The quantitative estimate of drug-likeness (QED) is 0.927. The molecule has 118 valence electrons. The number of para-hydroxylation sites is 1. The molecule has 1 N–H and O–H groups in total. The lowest BCUT2D eigenvalue weighted by molar-refractivity contribution is 0.0671. The van der Waals surface area contributed by atoms with Gasteiger partial charge in [0, 0.05) is 37.4 Å². The normalized spacial score (nSPS) is 14.4. The number of nitrogens with zero attached hydrogens (tertiary/aromatic N) is 2. The third kappa shape index (κ3) is 3.69. The maximum Gasteiger partial charge on any atom is 0.321 e. The van der Waals surface area contributed by atoms with Crippen LogP contribution < -0.4 is 5.32 Å². The Kier molecular flexibility index (Phi) is 4.57. The van der Waals surface area contributed by atoms with Gasteiger partial charge in [0.2, 0.25) is 0 Å². The van der Waals surface area contributed by atoms with Gasteiger partial charge in [0.05, 0.1) is 0 Å². The van der Waals surface area contributed by atoms with Gasteiger partial charge >= 0.3 is 6.03 Å². The number of piperazine rings is 1. The van der Waals surface area contributed by atoms with Crippen molar-refractivity contribution in [1.82, 2.24) is 9.80 Å². The maximum atomic E-state index is 12.4. The lowest BCUT2D eigenvalue weighted by Gasteiger charge is -2.34. The Labute approximate surface area is 135 Å². The van der Waals surface area contributed by atoms with Gasteiger partial charge < -0.3 is 15.1 Å². The molecule has 0 atom stereocenters. The van der Waals surface area contributed by atoms with Crippen LogP contribution in [0.2, 0.25) is 0 Å². The van der Waals surface area contributed by atoms with Gasteiger partial charge in [-0.1, -0.05) is 36.4 Å². The van der Waals surface area contributed by atoms with Crippen LogP contribution in [0.1, 0.15) is 10.4 Å². The minimum atomic E-state index is -0.122. The molecule has 2 aromatic rings. The summed E-state index contributed by atoms with van der Waals surface area (Å²) in [6.45, 7) is 2.18. The number of hydrogen-bond donors (Lipinski definition) is 1. The highest BCUT2D eigenvalue weighted by Crippen LogP contribution is 2.11. The Morgan fingerprint density at radius 1 is 0.739 bits per heavy atom. The molecule has 2 aromatic carbocycles. The number of nitrogens with one attached hydrogen (secondary N) is 1. The Morgan fingerprint density at radius 2 is 1.26 bits per heavy atom. The molecule has 1 heterocycles. The molecule has 0 aromatic heterocycles. The second-order valence-corrected chi connectivity index (χ2v) is 5.44. The van der Waals surface area contributed by atoms with Crippen LogP contribution in [0, 0.1) is 0 Å². The molecule has 0 aliphatic carbocycles. The number of carbonyl (C=O) groups is 2. The van der Waals surface area contributed by atoms with Crippen molar-refractivity contribution in [3.05, 3.63) is 66.2 Å². The first-order chi connectivity index (χ1) is 11.2. The number of amides is 3. The number of benzene rings is 2. The molecule has 5 heteroatoms. The topological polar surface area (TPSA) is 52.7 Å². The molecule has 23 heavy (non-hydrogen) atoms. The zero-order chi connectivity index (χ0) is 16.1. The first kappa shape index (κ1) is 15.1. The molecule has 3 amide bonds. The molecule has 1 fully saturated rings. The number of anilines is 1. The summed E-state index contributed by atoms with van der Waals surface area (Å²) in [4.78, 5) is 28.1. The van der Waals surface area contributed by atoms with Crippen molar-refractivity contribution in [2.75, 3.05) is 31.5 Å². The van der Waals surface area contributed by atoms with Crippen molar-refractivity contribution in [3.63, 3.8) is 0 Å². The summed E-state index contributed by atoms with van der Waals surface area (Å²) < 4.78 is 0. The third-order valence-electron chi connectivity index (χ3n) is 3.90. The Bertz CT molecular complexity index is 665. The fourth-order valence-electron chi connectivity index (χ4n) is 2.60. The van der Waals surface area contributed by atoms with Crippen LogP contribution in [0.5, 0.6) is 0 Å². The molecule has 0 bridgehead atoms. The number of hydrogen-bond acceptors (Lipinski definition) is 2. The van der Waals surface area contributed by atoms with E-state index in [-0.39, 0.29) is 11.9 Å².